The highest BCUT2D eigenvalue weighted by atomic mass is 19.1. The fourth-order valence-corrected chi connectivity index (χ4v) is 2.14. The number of hydrogen-bond donors (Lipinski definition) is 1. The monoisotopic (exact) mass is 330 g/mol. The van der Waals surface area contributed by atoms with E-state index in [-0.39, 0.29) is 18.3 Å². The van der Waals surface area contributed by atoms with Gasteiger partial charge >= 0.3 is 6.01 Å². The number of ether oxygens (including phenoxy) is 2. The average Bonchev–Trinajstić information content (AvgIpc) is 3.10. The van der Waals surface area contributed by atoms with Crippen LogP contribution in [0.2, 0.25) is 0 Å². The van der Waals surface area contributed by atoms with Crippen LogP contribution in [0.4, 0.5) is 10.4 Å². The lowest BCUT2D eigenvalue weighted by Gasteiger charge is -2.11. The molecule has 1 N–H and O–H groups in total. The number of anilines is 1. The van der Waals surface area contributed by atoms with E-state index in [4.69, 9.17) is 13.9 Å². The Balaban J connectivity index is 1.75. The van der Waals surface area contributed by atoms with Gasteiger partial charge in [-0.3, -0.25) is 4.98 Å². The molecule has 3 aromatic rings. The number of hydrogen-bond acceptors (Lipinski definition) is 7. The highest BCUT2D eigenvalue weighted by Gasteiger charge is 2.13. The molecule has 2 heterocycles. The molecule has 0 unspecified atom stereocenters. The van der Waals surface area contributed by atoms with Crippen molar-refractivity contribution in [2.24, 2.45) is 0 Å². The molecule has 0 radical (unpaired) electrons. The van der Waals surface area contributed by atoms with E-state index in [2.05, 4.69) is 20.5 Å². The van der Waals surface area contributed by atoms with E-state index in [0.29, 0.717) is 17.2 Å². The largest absolute Gasteiger partial charge is 0.496 e. The first-order valence-electron chi connectivity index (χ1n) is 7.09. The summed E-state index contributed by atoms with van der Waals surface area (Å²) < 4.78 is 29.6. The molecule has 7 nitrogen and oxygen atoms in total. The van der Waals surface area contributed by atoms with Crippen molar-refractivity contribution in [1.29, 1.82) is 0 Å². The summed E-state index contributed by atoms with van der Waals surface area (Å²) in [6, 6.07) is 6.58. The predicted molar refractivity (Wildman–Crippen MR) is 84.4 cm³/mol. The minimum Gasteiger partial charge on any atom is -0.496 e. The normalized spacial score (nSPS) is 10.5. The Morgan fingerprint density at radius 2 is 1.83 bits per heavy atom. The van der Waals surface area contributed by atoms with Crippen LogP contribution in [0.5, 0.6) is 11.5 Å². The first-order valence-corrected chi connectivity index (χ1v) is 7.09. The minimum atomic E-state index is -0.474. The Morgan fingerprint density at radius 3 is 2.54 bits per heavy atom. The highest BCUT2D eigenvalue weighted by molar-refractivity contribution is 5.52. The third kappa shape index (κ3) is 3.27. The Bertz CT molecular complexity index is 823. The summed E-state index contributed by atoms with van der Waals surface area (Å²) in [5, 5.41) is 10.8. The molecule has 0 amide bonds. The SMILES string of the molecule is COc1cc(OC)c(CNc2nnc(-c3ccncc3)o2)cc1F. The summed E-state index contributed by atoms with van der Waals surface area (Å²) in [6.07, 6.45) is 3.27. The van der Waals surface area contributed by atoms with Crippen LogP contribution in [0.1, 0.15) is 5.56 Å². The quantitative estimate of drug-likeness (QED) is 0.744. The molecule has 24 heavy (non-hydrogen) atoms. The van der Waals surface area contributed by atoms with E-state index in [0.717, 1.165) is 5.56 Å². The molecule has 8 heteroatoms. The maximum absolute atomic E-state index is 13.9. The maximum atomic E-state index is 13.9. The van der Waals surface area contributed by atoms with Gasteiger partial charge in [-0.1, -0.05) is 5.10 Å². The molecule has 0 bridgehead atoms. The van der Waals surface area contributed by atoms with Gasteiger partial charge in [-0.2, -0.15) is 0 Å². The van der Waals surface area contributed by atoms with Gasteiger partial charge in [0, 0.05) is 36.1 Å². The highest BCUT2D eigenvalue weighted by Crippen LogP contribution is 2.28. The van der Waals surface area contributed by atoms with E-state index < -0.39 is 5.82 Å². The Kier molecular flexibility index (Phi) is 4.55. The fraction of sp³-hybridized carbons (Fsp3) is 0.188. The lowest BCUT2D eigenvalue weighted by molar-refractivity contribution is 0.371. The summed E-state index contributed by atoms with van der Waals surface area (Å²) >= 11 is 0. The molecule has 2 aromatic heterocycles. The number of rotatable bonds is 6. The number of pyridine rings is 1. The second-order valence-corrected chi connectivity index (χ2v) is 4.80. The van der Waals surface area contributed by atoms with Crippen molar-refractivity contribution in [2.75, 3.05) is 19.5 Å². The first kappa shape index (κ1) is 15.7. The van der Waals surface area contributed by atoms with Gasteiger partial charge in [-0.25, -0.2) is 4.39 Å². The minimum absolute atomic E-state index is 0.119. The van der Waals surface area contributed by atoms with Gasteiger partial charge in [0.15, 0.2) is 11.6 Å². The zero-order valence-corrected chi connectivity index (χ0v) is 13.1. The van der Waals surface area contributed by atoms with Crippen molar-refractivity contribution in [3.8, 4) is 23.0 Å². The van der Waals surface area contributed by atoms with Crippen LogP contribution in [-0.4, -0.2) is 29.4 Å². The molecule has 1 aromatic carbocycles. The van der Waals surface area contributed by atoms with Crippen molar-refractivity contribution >= 4 is 6.01 Å². The second kappa shape index (κ2) is 6.95. The number of methoxy groups -OCH3 is 2. The van der Waals surface area contributed by atoms with Gasteiger partial charge in [0.05, 0.1) is 14.2 Å². The third-order valence-electron chi connectivity index (χ3n) is 3.34. The Morgan fingerprint density at radius 1 is 1.08 bits per heavy atom. The molecule has 0 spiro atoms. The Labute approximate surface area is 137 Å². The second-order valence-electron chi connectivity index (χ2n) is 4.80. The van der Waals surface area contributed by atoms with Crippen LogP contribution in [0.15, 0.2) is 41.1 Å². The molecular formula is C16H15FN4O3. The summed E-state index contributed by atoms with van der Waals surface area (Å²) in [7, 11) is 2.90. The van der Waals surface area contributed by atoms with Gasteiger partial charge < -0.3 is 19.2 Å². The summed E-state index contributed by atoms with van der Waals surface area (Å²) in [5.74, 6) is 0.508. The van der Waals surface area contributed by atoms with Crippen LogP contribution in [0.25, 0.3) is 11.5 Å². The fourth-order valence-electron chi connectivity index (χ4n) is 2.14. The number of benzene rings is 1. The summed E-state index contributed by atoms with van der Waals surface area (Å²) in [6.45, 7) is 0.252. The predicted octanol–water partition coefficient (Wildman–Crippen LogP) is 2.90. The lowest BCUT2D eigenvalue weighted by Crippen LogP contribution is -2.03. The van der Waals surface area contributed by atoms with Crippen LogP contribution in [0.3, 0.4) is 0 Å². The molecule has 124 valence electrons. The Hall–Kier alpha value is -3.16. The topological polar surface area (TPSA) is 82.3 Å². The summed E-state index contributed by atoms with van der Waals surface area (Å²) in [4.78, 5) is 3.93. The van der Waals surface area contributed by atoms with E-state index >= 15 is 0 Å². The van der Waals surface area contributed by atoms with Crippen molar-refractivity contribution < 1.29 is 18.3 Å². The average molecular weight is 330 g/mol. The van der Waals surface area contributed by atoms with Crippen molar-refractivity contribution in [1.82, 2.24) is 15.2 Å². The molecule has 3 rings (SSSR count). The maximum Gasteiger partial charge on any atom is 0.316 e. The standard InChI is InChI=1S/C16H15FN4O3/c1-22-13-8-14(23-2)12(17)7-11(13)9-19-16-21-20-15(24-16)10-3-5-18-6-4-10/h3-8H,9H2,1-2H3,(H,19,21). The molecule has 0 saturated carbocycles. The number of nitrogens with one attached hydrogen (secondary N) is 1. The van der Waals surface area contributed by atoms with Crippen LogP contribution < -0.4 is 14.8 Å². The van der Waals surface area contributed by atoms with Gasteiger partial charge in [0.2, 0.25) is 5.89 Å². The van der Waals surface area contributed by atoms with Crippen molar-refractivity contribution in [3.63, 3.8) is 0 Å². The van der Waals surface area contributed by atoms with Crippen LogP contribution >= 0.6 is 0 Å². The van der Waals surface area contributed by atoms with Crippen molar-refractivity contribution in [2.45, 2.75) is 6.54 Å². The molecule has 0 fully saturated rings. The van der Waals surface area contributed by atoms with Gasteiger partial charge in [0.25, 0.3) is 0 Å². The van der Waals surface area contributed by atoms with Crippen LogP contribution in [-0.2, 0) is 6.54 Å². The van der Waals surface area contributed by atoms with E-state index in [1.165, 1.54) is 26.4 Å². The number of halogens is 1. The van der Waals surface area contributed by atoms with E-state index in [1.54, 1.807) is 24.5 Å². The van der Waals surface area contributed by atoms with Crippen molar-refractivity contribution in [3.05, 3.63) is 48.0 Å². The van der Waals surface area contributed by atoms with Crippen LogP contribution in [0, 0.1) is 5.82 Å². The molecule has 0 aliphatic heterocycles. The summed E-state index contributed by atoms with van der Waals surface area (Å²) in [5.41, 5.74) is 1.36. The molecule has 0 aliphatic carbocycles. The lowest BCUT2D eigenvalue weighted by atomic mass is 10.2. The zero-order chi connectivity index (χ0) is 16.9. The third-order valence-corrected chi connectivity index (χ3v) is 3.34. The van der Waals surface area contributed by atoms with Gasteiger partial charge in [-0.15, -0.1) is 5.10 Å². The van der Waals surface area contributed by atoms with E-state index in [9.17, 15) is 4.39 Å². The molecule has 0 saturated heterocycles. The molecule has 0 atom stereocenters. The van der Waals surface area contributed by atoms with Gasteiger partial charge in [-0.05, 0) is 18.2 Å². The smallest absolute Gasteiger partial charge is 0.316 e. The molecular weight excluding hydrogens is 315 g/mol. The van der Waals surface area contributed by atoms with Gasteiger partial charge in [0.1, 0.15) is 5.75 Å². The zero-order valence-electron chi connectivity index (χ0n) is 13.1. The first-order chi connectivity index (χ1) is 11.7. The molecule has 0 aliphatic rings. The van der Waals surface area contributed by atoms with E-state index in [1.807, 2.05) is 0 Å². The number of nitrogens with zero attached hydrogens (tertiary/aromatic N) is 3. The number of aromatic nitrogens is 3.